The highest BCUT2D eigenvalue weighted by Crippen LogP contribution is 2.27. The first-order valence-corrected chi connectivity index (χ1v) is 10.6. The smallest absolute Gasteiger partial charge is 0.328 e. The number of likely N-dealkylation sites (tertiary alicyclic amines) is 2. The minimum absolute atomic E-state index is 0.0367. The monoisotopic (exact) mass is 433 g/mol. The zero-order valence-electron chi connectivity index (χ0n) is 18.5. The highest BCUT2D eigenvalue weighted by atomic mass is 16.5. The van der Waals surface area contributed by atoms with Crippen LogP contribution in [0.1, 0.15) is 43.6 Å². The Morgan fingerprint density at radius 1 is 1.16 bits per heavy atom. The highest BCUT2D eigenvalue weighted by Gasteiger charge is 2.46. The number of carbonyl (C=O) groups excluding carboxylic acids is 4. The van der Waals surface area contributed by atoms with Gasteiger partial charge in [0.05, 0.1) is 13.2 Å². The summed E-state index contributed by atoms with van der Waals surface area (Å²) in [5.41, 5.74) is 0.455. The van der Waals surface area contributed by atoms with Crippen molar-refractivity contribution in [3.63, 3.8) is 0 Å². The molecule has 31 heavy (non-hydrogen) atoms. The minimum Gasteiger partial charge on any atom is -0.467 e. The highest BCUT2D eigenvalue weighted by molar-refractivity contribution is 5.98. The first kappa shape index (κ1) is 22.6. The minimum atomic E-state index is -0.767. The van der Waals surface area contributed by atoms with Crippen LogP contribution in [-0.2, 0) is 21.4 Å². The number of esters is 1. The standard InChI is InChI=1S/C21H31N5O5/c1-13(2)22-21(30)23-14-11-17(19(28)25-10-6-8-16(25)20(29)31-4)26(12-14)18(27)15-7-5-9-24(15)3/h5,7,9,13-14,16-17H,6,8,10-12H2,1-4H3,(H2,22,23,30). The quantitative estimate of drug-likeness (QED) is 0.656. The van der Waals surface area contributed by atoms with E-state index in [4.69, 9.17) is 4.74 Å². The van der Waals surface area contributed by atoms with Gasteiger partial charge in [-0.2, -0.15) is 0 Å². The van der Waals surface area contributed by atoms with Crippen molar-refractivity contribution in [3.05, 3.63) is 24.0 Å². The topological polar surface area (TPSA) is 113 Å². The van der Waals surface area contributed by atoms with E-state index in [9.17, 15) is 19.2 Å². The molecule has 2 saturated heterocycles. The number of amides is 4. The molecule has 3 unspecified atom stereocenters. The third kappa shape index (κ3) is 4.83. The lowest BCUT2D eigenvalue weighted by Gasteiger charge is -2.30. The van der Waals surface area contributed by atoms with Crippen molar-refractivity contribution < 1.29 is 23.9 Å². The van der Waals surface area contributed by atoms with Gasteiger partial charge in [0.25, 0.3) is 5.91 Å². The van der Waals surface area contributed by atoms with E-state index >= 15 is 0 Å². The van der Waals surface area contributed by atoms with E-state index in [1.807, 2.05) is 13.8 Å². The maximum Gasteiger partial charge on any atom is 0.328 e. The van der Waals surface area contributed by atoms with Crippen molar-refractivity contribution in [2.24, 2.45) is 7.05 Å². The summed E-state index contributed by atoms with van der Waals surface area (Å²) in [6.07, 6.45) is 3.28. The molecule has 2 N–H and O–H groups in total. The van der Waals surface area contributed by atoms with Crippen LogP contribution in [-0.4, -0.2) is 82.5 Å². The summed E-state index contributed by atoms with van der Waals surface area (Å²) in [6.45, 7) is 4.36. The Bertz CT molecular complexity index is 851. The first-order chi connectivity index (χ1) is 14.7. The van der Waals surface area contributed by atoms with Crippen LogP contribution in [0.5, 0.6) is 0 Å². The number of carbonyl (C=O) groups is 4. The van der Waals surface area contributed by atoms with Gasteiger partial charge in [0.2, 0.25) is 5.91 Å². The van der Waals surface area contributed by atoms with Gasteiger partial charge in [-0.1, -0.05) is 0 Å². The molecule has 2 aliphatic rings. The van der Waals surface area contributed by atoms with Crippen LogP contribution in [0.25, 0.3) is 0 Å². The van der Waals surface area contributed by atoms with Crippen molar-refractivity contribution >= 4 is 23.8 Å². The molecule has 1 aromatic rings. The molecule has 170 valence electrons. The summed E-state index contributed by atoms with van der Waals surface area (Å²) in [5, 5.41) is 5.63. The van der Waals surface area contributed by atoms with Gasteiger partial charge in [0.15, 0.2) is 0 Å². The number of methoxy groups -OCH3 is 1. The third-order valence-electron chi connectivity index (χ3n) is 5.77. The second-order valence-electron chi connectivity index (χ2n) is 8.40. The molecule has 1 aromatic heterocycles. The van der Waals surface area contributed by atoms with Gasteiger partial charge in [-0.15, -0.1) is 0 Å². The SMILES string of the molecule is COC(=O)C1CCCN1C(=O)C1CC(NC(=O)NC(C)C)CN1C(=O)c1cccn1C. The summed E-state index contributed by atoms with van der Waals surface area (Å²) in [4.78, 5) is 54.0. The average molecular weight is 434 g/mol. The van der Waals surface area contributed by atoms with E-state index < -0.39 is 18.1 Å². The second-order valence-corrected chi connectivity index (χ2v) is 8.40. The molecular weight excluding hydrogens is 402 g/mol. The Kier molecular flexibility index (Phi) is 6.87. The molecule has 10 heteroatoms. The zero-order chi connectivity index (χ0) is 22.7. The van der Waals surface area contributed by atoms with Crippen LogP contribution in [0.15, 0.2) is 18.3 Å². The zero-order valence-corrected chi connectivity index (χ0v) is 18.5. The lowest BCUT2D eigenvalue weighted by atomic mass is 10.1. The Morgan fingerprint density at radius 2 is 1.90 bits per heavy atom. The largest absolute Gasteiger partial charge is 0.467 e. The molecular formula is C21H31N5O5. The van der Waals surface area contributed by atoms with E-state index in [0.717, 1.165) is 0 Å². The summed E-state index contributed by atoms with van der Waals surface area (Å²) < 4.78 is 6.55. The Balaban J connectivity index is 1.82. The number of hydrogen-bond donors (Lipinski definition) is 2. The number of nitrogens with zero attached hydrogens (tertiary/aromatic N) is 3. The van der Waals surface area contributed by atoms with E-state index in [0.29, 0.717) is 25.1 Å². The molecule has 0 spiro atoms. The van der Waals surface area contributed by atoms with Gasteiger partial charge in [-0.05, 0) is 45.2 Å². The van der Waals surface area contributed by atoms with E-state index in [1.54, 1.807) is 29.9 Å². The van der Waals surface area contributed by atoms with Crippen LogP contribution in [0.3, 0.4) is 0 Å². The molecule has 0 saturated carbocycles. The first-order valence-electron chi connectivity index (χ1n) is 10.6. The number of aromatic nitrogens is 1. The molecule has 0 bridgehead atoms. The van der Waals surface area contributed by atoms with E-state index in [-0.39, 0.29) is 42.9 Å². The predicted octanol–water partition coefficient (Wildman–Crippen LogP) is 0.480. The fraction of sp³-hybridized carbons (Fsp3) is 0.619. The third-order valence-corrected chi connectivity index (χ3v) is 5.77. The number of ether oxygens (including phenoxy) is 1. The van der Waals surface area contributed by atoms with Crippen LogP contribution in [0, 0.1) is 0 Å². The second kappa shape index (κ2) is 9.40. The molecule has 4 amide bonds. The van der Waals surface area contributed by atoms with Gasteiger partial charge in [-0.3, -0.25) is 9.59 Å². The average Bonchev–Trinajstić information content (AvgIpc) is 3.45. The lowest BCUT2D eigenvalue weighted by molar-refractivity contribution is -0.152. The van der Waals surface area contributed by atoms with Crippen molar-refractivity contribution in [3.8, 4) is 0 Å². The van der Waals surface area contributed by atoms with E-state index in [1.165, 1.54) is 16.9 Å². The molecule has 3 rings (SSSR count). The summed E-state index contributed by atoms with van der Waals surface area (Å²) >= 11 is 0. The van der Waals surface area contributed by atoms with Crippen LogP contribution in [0.4, 0.5) is 4.79 Å². The number of aryl methyl sites for hydroxylation is 1. The van der Waals surface area contributed by atoms with Gasteiger partial charge < -0.3 is 29.7 Å². The maximum atomic E-state index is 13.4. The molecule has 0 aromatic carbocycles. The van der Waals surface area contributed by atoms with Gasteiger partial charge in [-0.25, -0.2) is 9.59 Å². The van der Waals surface area contributed by atoms with Crippen molar-refractivity contribution in [1.29, 1.82) is 0 Å². The Hall–Kier alpha value is -3.04. The molecule has 0 radical (unpaired) electrons. The molecule has 3 heterocycles. The van der Waals surface area contributed by atoms with E-state index in [2.05, 4.69) is 10.6 Å². The predicted molar refractivity (Wildman–Crippen MR) is 112 cm³/mol. The van der Waals surface area contributed by atoms with Gasteiger partial charge in [0.1, 0.15) is 17.8 Å². The van der Waals surface area contributed by atoms with Crippen LogP contribution >= 0.6 is 0 Å². The fourth-order valence-corrected chi connectivity index (χ4v) is 4.32. The number of hydrogen-bond acceptors (Lipinski definition) is 5. The van der Waals surface area contributed by atoms with Crippen LogP contribution in [0.2, 0.25) is 0 Å². The molecule has 10 nitrogen and oxygen atoms in total. The van der Waals surface area contributed by atoms with Gasteiger partial charge >= 0.3 is 12.0 Å². The van der Waals surface area contributed by atoms with Crippen LogP contribution < -0.4 is 10.6 Å². The number of rotatable bonds is 5. The molecule has 2 fully saturated rings. The van der Waals surface area contributed by atoms with Crippen molar-refractivity contribution in [2.75, 3.05) is 20.2 Å². The van der Waals surface area contributed by atoms with Gasteiger partial charge in [0, 0.05) is 32.4 Å². The number of urea groups is 1. The van der Waals surface area contributed by atoms with Crippen molar-refractivity contribution in [2.45, 2.75) is 57.3 Å². The lowest BCUT2D eigenvalue weighted by Crippen LogP contribution is -2.51. The molecule has 2 aliphatic heterocycles. The Morgan fingerprint density at radius 3 is 2.52 bits per heavy atom. The molecule has 3 atom stereocenters. The fourth-order valence-electron chi connectivity index (χ4n) is 4.32. The number of nitrogens with one attached hydrogen (secondary N) is 2. The van der Waals surface area contributed by atoms with Crippen molar-refractivity contribution in [1.82, 2.24) is 25.0 Å². The summed E-state index contributed by atoms with van der Waals surface area (Å²) in [7, 11) is 3.07. The normalized spacial score (nSPS) is 23.2. The summed E-state index contributed by atoms with van der Waals surface area (Å²) in [6, 6.07) is 1.30. The molecule has 0 aliphatic carbocycles. The maximum absolute atomic E-state index is 13.4. The summed E-state index contributed by atoms with van der Waals surface area (Å²) in [5.74, 6) is -1.02. The Labute approximate surface area is 181 Å².